The van der Waals surface area contributed by atoms with E-state index in [1.54, 1.807) is 19.4 Å². The van der Waals surface area contributed by atoms with Crippen molar-refractivity contribution in [2.75, 3.05) is 25.5 Å². The number of hydrogen-bond donors (Lipinski definition) is 3. The van der Waals surface area contributed by atoms with Gasteiger partial charge in [-0.1, -0.05) is 0 Å². The van der Waals surface area contributed by atoms with Gasteiger partial charge in [0, 0.05) is 48.9 Å². The van der Waals surface area contributed by atoms with Crippen LogP contribution in [0, 0.1) is 0 Å². The fourth-order valence-electron chi connectivity index (χ4n) is 4.63. The van der Waals surface area contributed by atoms with Gasteiger partial charge in [-0.25, -0.2) is 15.0 Å². The number of fused-ring (bicyclic) bond motifs is 2. The Hall–Kier alpha value is -3.31. The van der Waals surface area contributed by atoms with Crippen molar-refractivity contribution in [3.63, 3.8) is 0 Å². The summed E-state index contributed by atoms with van der Waals surface area (Å²) in [7, 11) is 1.67. The van der Waals surface area contributed by atoms with E-state index in [4.69, 9.17) is 14.7 Å². The Bertz CT molecular complexity index is 1380. The van der Waals surface area contributed by atoms with Gasteiger partial charge in [-0.3, -0.25) is 4.98 Å². The molecule has 11 heteroatoms. The van der Waals surface area contributed by atoms with Crippen LogP contribution in [0.25, 0.3) is 33.3 Å². The average Bonchev–Trinajstić information content (AvgIpc) is 3.39. The molecular formula is C23H22F3N7O. The molecule has 1 saturated heterocycles. The van der Waals surface area contributed by atoms with Crippen LogP contribution in [0.4, 0.5) is 19.0 Å². The summed E-state index contributed by atoms with van der Waals surface area (Å²) < 4.78 is 45.6. The smallest absolute Gasteiger partial charge is 0.378 e. The van der Waals surface area contributed by atoms with E-state index in [1.165, 1.54) is 6.20 Å². The van der Waals surface area contributed by atoms with E-state index in [0.29, 0.717) is 40.6 Å². The summed E-state index contributed by atoms with van der Waals surface area (Å²) in [6, 6.07) is 2.67. The Kier molecular flexibility index (Phi) is 4.92. The molecule has 34 heavy (non-hydrogen) atoms. The molecule has 1 aliphatic carbocycles. The van der Waals surface area contributed by atoms with Crippen molar-refractivity contribution in [3.8, 4) is 11.4 Å². The summed E-state index contributed by atoms with van der Waals surface area (Å²) in [6.45, 7) is 1.42. The lowest BCUT2D eigenvalue weighted by molar-refractivity contribution is -0.140. The van der Waals surface area contributed by atoms with Crippen LogP contribution < -0.4 is 10.6 Å². The van der Waals surface area contributed by atoms with E-state index >= 15 is 0 Å². The molecule has 4 aromatic heterocycles. The number of nitrogens with one attached hydrogen (secondary N) is 3. The van der Waals surface area contributed by atoms with Crippen LogP contribution in [0.2, 0.25) is 0 Å². The van der Waals surface area contributed by atoms with Gasteiger partial charge in [0.15, 0.2) is 5.82 Å². The van der Waals surface area contributed by atoms with Crippen LogP contribution in [0.3, 0.4) is 0 Å². The summed E-state index contributed by atoms with van der Waals surface area (Å²) in [5, 5.41) is 8.05. The number of ether oxygens (including phenoxy) is 1. The molecule has 0 bridgehead atoms. The van der Waals surface area contributed by atoms with E-state index < -0.39 is 11.9 Å². The first kappa shape index (κ1) is 21.2. The van der Waals surface area contributed by atoms with Gasteiger partial charge >= 0.3 is 6.18 Å². The maximum Gasteiger partial charge on any atom is 0.431 e. The van der Waals surface area contributed by atoms with Crippen molar-refractivity contribution in [2.45, 2.75) is 37.1 Å². The standard InChI is InChI=1S/C23H22F3N7O/c1-34-17-10-28-8-15(17)30-22-19-14(11-2-3-11)7-27-9-16(19)31-21(33-22)12-4-5-29-20-13(12)6-18(32-20)23(24,25)26/h4-7,9,11,15,17,28H,2-3,8,10H2,1H3,(H,29,32)(H,30,31,33)/t15-,17-/m1/s1. The molecule has 176 valence electrons. The maximum atomic E-state index is 13.3. The zero-order chi connectivity index (χ0) is 23.4. The van der Waals surface area contributed by atoms with E-state index in [9.17, 15) is 13.2 Å². The second-order valence-electron chi connectivity index (χ2n) is 8.78. The third kappa shape index (κ3) is 3.64. The SMILES string of the molecule is CO[C@@H]1CNC[C@H]1Nc1nc(-c2ccnc3[nH]c(C(F)(F)F)cc23)nc2cncc(C3CC3)c12. The molecule has 4 aromatic rings. The largest absolute Gasteiger partial charge is 0.431 e. The molecule has 0 spiro atoms. The lowest BCUT2D eigenvalue weighted by Gasteiger charge is -2.21. The van der Waals surface area contributed by atoms with Gasteiger partial charge in [-0.15, -0.1) is 0 Å². The van der Waals surface area contributed by atoms with Crippen LogP contribution in [-0.2, 0) is 10.9 Å². The second kappa shape index (κ2) is 7.88. The predicted molar refractivity (Wildman–Crippen MR) is 120 cm³/mol. The number of alkyl halides is 3. The van der Waals surface area contributed by atoms with Crippen LogP contribution in [0.15, 0.2) is 30.7 Å². The summed E-state index contributed by atoms with van der Waals surface area (Å²) >= 11 is 0. The number of aromatic amines is 1. The zero-order valence-corrected chi connectivity index (χ0v) is 18.3. The number of pyridine rings is 2. The summed E-state index contributed by atoms with van der Waals surface area (Å²) in [5.41, 5.74) is 1.47. The quantitative estimate of drug-likeness (QED) is 0.408. The molecule has 1 saturated carbocycles. The Labute approximate surface area is 192 Å². The minimum Gasteiger partial charge on any atom is -0.378 e. The summed E-state index contributed by atoms with van der Waals surface area (Å²) in [6.07, 6.45) is 2.62. The van der Waals surface area contributed by atoms with E-state index in [0.717, 1.165) is 36.4 Å². The van der Waals surface area contributed by atoms with E-state index in [1.807, 2.05) is 6.20 Å². The lowest BCUT2D eigenvalue weighted by Crippen LogP contribution is -2.34. The molecule has 1 aliphatic heterocycles. The van der Waals surface area contributed by atoms with Gasteiger partial charge in [0.25, 0.3) is 0 Å². The maximum absolute atomic E-state index is 13.3. The highest BCUT2D eigenvalue weighted by Gasteiger charge is 2.34. The van der Waals surface area contributed by atoms with Crippen molar-refractivity contribution in [3.05, 3.63) is 42.0 Å². The lowest BCUT2D eigenvalue weighted by atomic mass is 10.1. The van der Waals surface area contributed by atoms with Gasteiger partial charge in [0.05, 0.1) is 23.9 Å². The average molecular weight is 469 g/mol. The third-order valence-corrected chi connectivity index (χ3v) is 6.51. The molecular weight excluding hydrogens is 447 g/mol. The second-order valence-corrected chi connectivity index (χ2v) is 8.78. The number of halogens is 3. The molecule has 0 radical (unpaired) electrons. The fourth-order valence-corrected chi connectivity index (χ4v) is 4.63. The molecule has 2 aliphatic rings. The molecule has 8 nitrogen and oxygen atoms in total. The van der Waals surface area contributed by atoms with Crippen molar-refractivity contribution in [1.29, 1.82) is 0 Å². The van der Waals surface area contributed by atoms with E-state index in [-0.39, 0.29) is 17.8 Å². The van der Waals surface area contributed by atoms with Crippen molar-refractivity contribution < 1.29 is 17.9 Å². The van der Waals surface area contributed by atoms with E-state index in [2.05, 4.69) is 25.6 Å². The first-order valence-electron chi connectivity index (χ1n) is 11.1. The predicted octanol–water partition coefficient (Wildman–Crippen LogP) is 3.86. The minimum absolute atomic E-state index is 0.0160. The number of anilines is 1. The number of nitrogens with zero attached hydrogens (tertiary/aromatic N) is 4. The Balaban J connectivity index is 1.53. The number of rotatable bonds is 5. The normalized spacial score (nSPS) is 20.9. The van der Waals surface area contributed by atoms with Gasteiger partial charge in [-0.2, -0.15) is 13.2 Å². The highest BCUT2D eigenvalue weighted by molar-refractivity contribution is 5.97. The highest BCUT2D eigenvalue weighted by Crippen LogP contribution is 2.44. The number of hydrogen-bond acceptors (Lipinski definition) is 7. The molecule has 2 fully saturated rings. The van der Waals surface area contributed by atoms with Gasteiger partial charge in [0.2, 0.25) is 0 Å². The van der Waals surface area contributed by atoms with Gasteiger partial charge in [0.1, 0.15) is 17.2 Å². The fraction of sp³-hybridized carbons (Fsp3) is 0.391. The molecule has 0 unspecified atom stereocenters. The van der Waals surface area contributed by atoms with Crippen molar-refractivity contribution >= 4 is 27.8 Å². The number of aromatic nitrogens is 5. The molecule has 6 rings (SSSR count). The monoisotopic (exact) mass is 469 g/mol. The Morgan fingerprint density at radius 3 is 2.76 bits per heavy atom. The number of H-pyrrole nitrogens is 1. The van der Waals surface area contributed by atoms with Gasteiger partial charge < -0.3 is 20.4 Å². The zero-order valence-electron chi connectivity index (χ0n) is 18.3. The molecule has 0 amide bonds. The highest BCUT2D eigenvalue weighted by atomic mass is 19.4. The van der Waals surface area contributed by atoms with Crippen LogP contribution in [0.1, 0.15) is 30.0 Å². The minimum atomic E-state index is -4.51. The first-order valence-corrected chi connectivity index (χ1v) is 11.1. The summed E-state index contributed by atoms with van der Waals surface area (Å²) in [5.74, 6) is 1.36. The third-order valence-electron chi connectivity index (χ3n) is 6.51. The van der Waals surface area contributed by atoms with Crippen LogP contribution >= 0.6 is 0 Å². The van der Waals surface area contributed by atoms with Crippen molar-refractivity contribution in [1.82, 2.24) is 30.2 Å². The number of methoxy groups -OCH3 is 1. The molecule has 3 N–H and O–H groups in total. The molecule has 0 aromatic carbocycles. The molecule has 5 heterocycles. The summed E-state index contributed by atoms with van der Waals surface area (Å²) in [4.78, 5) is 20.4. The first-order chi connectivity index (χ1) is 16.4. The van der Waals surface area contributed by atoms with Crippen molar-refractivity contribution in [2.24, 2.45) is 0 Å². The van der Waals surface area contributed by atoms with Crippen LogP contribution in [0.5, 0.6) is 0 Å². The van der Waals surface area contributed by atoms with Gasteiger partial charge in [-0.05, 0) is 36.5 Å². The van der Waals surface area contributed by atoms with Crippen LogP contribution in [-0.4, -0.2) is 57.3 Å². The topological polar surface area (TPSA) is 101 Å². The Morgan fingerprint density at radius 1 is 1.15 bits per heavy atom. The molecule has 2 atom stereocenters. The Morgan fingerprint density at radius 2 is 2.00 bits per heavy atom.